The molecule has 3 rings (SSSR count). The van der Waals surface area contributed by atoms with Gasteiger partial charge < -0.3 is 15.5 Å². The lowest BCUT2D eigenvalue weighted by molar-refractivity contribution is -0.137. The lowest BCUT2D eigenvalue weighted by Crippen LogP contribution is -2.28. The lowest BCUT2D eigenvalue weighted by Gasteiger charge is -2.18. The molecule has 0 bridgehead atoms. The number of anilines is 2. The molecule has 0 saturated carbocycles. The van der Waals surface area contributed by atoms with Crippen LogP contribution in [0, 0.1) is 12.8 Å². The van der Waals surface area contributed by atoms with Crippen LogP contribution in [0.1, 0.15) is 30.0 Å². The van der Waals surface area contributed by atoms with Gasteiger partial charge >= 0.3 is 6.18 Å². The summed E-state index contributed by atoms with van der Waals surface area (Å²) >= 11 is 0. The average Bonchev–Trinajstić information content (AvgIpc) is 3.04. The van der Waals surface area contributed by atoms with E-state index in [9.17, 15) is 27.6 Å². The van der Waals surface area contributed by atoms with E-state index in [1.54, 1.807) is 0 Å². The molecule has 164 valence electrons. The monoisotopic (exact) mass is 433 g/mol. The van der Waals surface area contributed by atoms with E-state index in [1.807, 2.05) is 31.2 Å². The number of benzene rings is 2. The van der Waals surface area contributed by atoms with Gasteiger partial charge in [-0.25, -0.2) is 0 Å². The van der Waals surface area contributed by atoms with E-state index in [0.717, 1.165) is 23.3 Å². The normalized spacial score (nSPS) is 16.4. The van der Waals surface area contributed by atoms with Gasteiger partial charge in [0.2, 0.25) is 17.7 Å². The summed E-state index contributed by atoms with van der Waals surface area (Å²) < 4.78 is 40.4. The van der Waals surface area contributed by atoms with Gasteiger partial charge in [-0.15, -0.1) is 0 Å². The van der Waals surface area contributed by atoms with Crippen LogP contribution in [0.15, 0.2) is 42.5 Å². The first-order valence-electron chi connectivity index (χ1n) is 9.66. The minimum atomic E-state index is -4.74. The van der Waals surface area contributed by atoms with Gasteiger partial charge in [-0.3, -0.25) is 14.4 Å². The fourth-order valence-electron chi connectivity index (χ4n) is 3.42. The van der Waals surface area contributed by atoms with E-state index in [1.165, 1.54) is 17.9 Å². The Morgan fingerprint density at radius 3 is 2.39 bits per heavy atom. The van der Waals surface area contributed by atoms with Crippen LogP contribution in [0.4, 0.5) is 24.5 Å². The number of aryl methyl sites for hydroxylation is 1. The highest BCUT2D eigenvalue weighted by Gasteiger charge is 2.37. The Hall–Kier alpha value is -3.36. The van der Waals surface area contributed by atoms with Gasteiger partial charge in [-0.2, -0.15) is 13.2 Å². The molecule has 0 aromatic heterocycles. The topological polar surface area (TPSA) is 78.5 Å². The van der Waals surface area contributed by atoms with E-state index in [0.29, 0.717) is 6.54 Å². The molecule has 2 aromatic rings. The number of alkyl halides is 3. The molecule has 0 radical (unpaired) electrons. The Morgan fingerprint density at radius 2 is 1.77 bits per heavy atom. The van der Waals surface area contributed by atoms with E-state index >= 15 is 0 Å². The van der Waals surface area contributed by atoms with Crippen LogP contribution in [-0.4, -0.2) is 29.2 Å². The van der Waals surface area contributed by atoms with E-state index in [-0.39, 0.29) is 24.6 Å². The number of amides is 3. The number of hydrogen-bond acceptors (Lipinski definition) is 3. The fourth-order valence-corrected chi connectivity index (χ4v) is 3.42. The average molecular weight is 433 g/mol. The molecule has 1 aliphatic rings. The van der Waals surface area contributed by atoms with Gasteiger partial charge in [-0.1, -0.05) is 29.8 Å². The molecule has 1 saturated heterocycles. The SMILES string of the molecule is CC(=O)Nc1ccc(NC(=O)C2CC(=O)N(Cc3ccc(C)cc3)C2)c(C(F)(F)F)c1. The molecule has 1 aliphatic heterocycles. The Balaban J connectivity index is 1.71. The van der Waals surface area contributed by atoms with Gasteiger partial charge in [0.15, 0.2) is 0 Å². The summed E-state index contributed by atoms with van der Waals surface area (Å²) in [5.41, 5.74) is 0.466. The molecule has 6 nitrogen and oxygen atoms in total. The van der Waals surface area contributed by atoms with Crippen LogP contribution in [0.3, 0.4) is 0 Å². The lowest BCUT2D eigenvalue weighted by atomic mass is 10.1. The second-order valence-electron chi connectivity index (χ2n) is 7.59. The van der Waals surface area contributed by atoms with Crippen molar-refractivity contribution in [1.82, 2.24) is 4.90 Å². The summed E-state index contributed by atoms with van der Waals surface area (Å²) in [5.74, 6) is -2.15. The molecule has 2 N–H and O–H groups in total. The van der Waals surface area contributed by atoms with Crippen molar-refractivity contribution in [2.75, 3.05) is 17.2 Å². The van der Waals surface area contributed by atoms with Crippen LogP contribution in [0.5, 0.6) is 0 Å². The molecule has 2 aromatic carbocycles. The van der Waals surface area contributed by atoms with Gasteiger partial charge in [0.1, 0.15) is 0 Å². The van der Waals surface area contributed by atoms with Crippen LogP contribution in [0.25, 0.3) is 0 Å². The van der Waals surface area contributed by atoms with E-state index in [2.05, 4.69) is 10.6 Å². The number of hydrogen-bond donors (Lipinski definition) is 2. The molecule has 1 atom stereocenters. The van der Waals surface area contributed by atoms with Crippen LogP contribution in [-0.2, 0) is 27.1 Å². The van der Waals surface area contributed by atoms with Crippen molar-refractivity contribution in [2.45, 2.75) is 33.0 Å². The van der Waals surface area contributed by atoms with Crippen molar-refractivity contribution < 1.29 is 27.6 Å². The molecule has 1 fully saturated rings. The zero-order valence-corrected chi connectivity index (χ0v) is 17.0. The number of carbonyl (C=O) groups is 3. The van der Waals surface area contributed by atoms with Crippen molar-refractivity contribution in [2.24, 2.45) is 5.92 Å². The second-order valence-corrected chi connectivity index (χ2v) is 7.59. The molecule has 1 heterocycles. The van der Waals surface area contributed by atoms with Crippen LogP contribution < -0.4 is 10.6 Å². The number of halogens is 3. The molecule has 0 spiro atoms. The fraction of sp³-hybridized carbons (Fsp3) is 0.318. The number of rotatable bonds is 5. The first-order chi connectivity index (χ1) is 14.5. The zero-order chi connectivity index (χ0) is 22.8. The maximum Gasteiger partial charge on any atom is 0.418 e. The largest absolute Gasteiger partial charge is 0.418 e. The third-order valence-corrected chi connectivity index (χ3v) is 4.98. The quantitative estimate of drug-likeness (QED) is 0.749. The molecular weight excluding hydrogens is 411 g/mol. The first-order valence-corrected chi connectivity index (χ1v) is 9.66. The summed E-state index contributed by atoms with van der Waals surface area (Å²) in [4.78, 5) is 37.6. The highest BCUT2D eigenvalue weighted by atomic mass is 19.4. The first kappa shape index (κ1) is 22.3. The van der Waals surface area contributed by atoms with Gasteiger partial charge in [-0.05, 0) is 30.7 Å². The number of likely N-dealkylation sites (tertiary alicyclic amines) is 1. The number of nitrogens with one attached hydrogen (secondary N) is 2. The predicted molar refractivity (Wildman–Crippen MR) is 109 cm³/mol. The molecule has 1 unspecified atom stereocenters. The molecular formula is C22H22F3N3O3. The van der Waals surface area contributed by atoms with Crippen LogP contribution in [0.2, 0.25) is 0 Å². The zero-order valence-electron chi connectivity index (χ0n) is 17.0. The summed E-state index contributed by atoms with van der Waals surface area (Å²) in [6.45, 7) is 3.59. The standard InChI is InChI=1S/C22H22F3N3O3/c1-13-3-5-15(6-4-13)11-28-12-16(9-20(28)30)21(31)27-19-8-7-17(26-14(2)29)10-18(19)22(23,24)25/h3-8,10,16H,9,11-12H2,1-2H3,(H,26,29)(H,27,31). The number of nitrogens with zero attached hydrogens (tertiary/aromatic N) is 1. The maximum absolute atomic E-state index is 13.5. The van der Waals surface area contributed by atoms with Gasteiger partial charge in [0, 0.05) is 32.1 Å². The molecule has 31 heavy (non-hydrogen) atoms. The third kappa shape index (κ3) is 5.62. The highest BCUT2D eigenvalue weighted by Crippen LogP contribution is 2.37. The summed E-state index contributed by atoms with van der Waals surface area (Å²) in [5, 5.41) is 4.59. The van der Waals surface area contributed by atoms with Crippen molar-refractivity contribution in [3.05, 3.63) is 59.2 Å². The predicted octanol–water partition coefficient (Wildman–Crippen LogP) is 3.96. The highest BCUT2D eigenvalue weighted by molar-refractivity contribution is 5.98. The van der Waals surface area contributed by atoms with E-state index in [4.69, 9.17) is 0 Å². The summed E-state index contributed by atoms with van der Waals surface area (Å²) in [6, 6.07) is 10.8. The molecule has 3 amide bonds. The minimum Gasteiger partial charge on any atom is -0.338 e. The van der Waals surface area contributed by atoms with Gasteiger partial charge in [0.25, 0.3) is 0 Å². The Morgan fingerprint density at radius 1 is 1.10 bits per heavy atom. The maximum atomic E-state index is 13.5. The third-order valence-electron chi connectivity index (χ3n) is 4.98. The van der Waals surface area contributed by atoms with Crippen molar-refractivity contribution in [3.63, 3.8) is 0 Å². The van der Waals surface area contributed by atoms with Crippen molar-refractivity contribution >= 4 is 29.1 Å². The Labute approximate surface area is 177 Å². The Bertz CT molecular complexity index is 1000. The van der Waals surface area contributed by atoms with Gasteiger partial charge in [0.05, 0.1) is 17.2 Å². The van der Waals surface area contributed by atoms with Crippen molar-refractivity contribution in [3.8, 4) is 0 Å². The number of carbonyl (C=O) groups excluding carboxylic acids is 3. The Kier molecular flexibility index (Phi) is 6.33. The van der Waals surface area contributed by atoms with Crippen LogP contribution >= 0.6 is 0 Å². The summed E-state index contributed by atoms with van der Waals surface area (Å²) in [6.07, 6.45) is -4.80. The second kappa shape index (κ2) is 8.79. The molecule has 9 heteroatoms. The molecule has 0 aliphatic carbocycles. The smallest absolute Gasteiger partial charge is 0.338 e. The van der Waals surface area contributed by atoms with Crippen molar-refractivity contribution in [1.29, 1.82) is 0 Å². The van der Waals surface area contributed by atoms with E-state index < -0.39 is 35.2 Å². The summed E-state index contributed by atoms with van der Waals surface area (Å²) in [7, 11) is 0. The minimum absolute atomic E-state index is 0.0295.